The molecule has 4 nitrogen and oxygen atoms in total. The predicted octanol–water partition coefficient (Wildman–Crippen LogP) is 2.24. The summed E-state index contributed by atoms with van der Waals surface area (Å²) >= 11 is 0. The molecule has 1 aliphatic carbocycles. The fourth-order valence-electron chi connectivity index (χ4n) is 3.53. The van der Waals surface area contributed by atoms with Crippen molar-refractivity contribution in [2.45, 2.75) is 43.9 Å². The van der Waals surface area contributed by atoms with E-state index in [-0.39, 0.29) is 5.60 Å². The molecule has 4 heteroatoms. The van der Waals surface area contributed by atoms with Crippen LogP contribution in [-0.4, -0.2) is 47.9 Å². The van der Waals surface area contributed by atoms with Gasteiger partial charge in [-0.1, -0.05) is 6.07 Å². The zero-order valence-corrected chi connectivity index (χ0v) is 12.5. The first-order valence-electron chi connectivity index (χ1n) is 8.18. The first kappa shape index (κ1) is 13.7. The highest BCUT2D eigenvalue weighted by Gasteiger charge is 2.47. The molecule has 1 unspecified atom stereocenters. The molecule has 1 aromatic heterocycles. The summed E-state index contributed by atoms with van der Waals surface area (Å²) in [6.45, 7) is 4.87. The number of likely N-dealkylation sites (tertiary alicyclic amines) is 1. The van der Waals surface area contributed by atoms with E-state index in [1.165, 1.54) is 18.4 Å². The third kappa shape index (κ3) is 3.28. The second-order valence-corrected chi connectivity index (χ2v) is 6.93. The largest absolute Gasteiger partial charge is 0.378 e. The summed E-state index contributed by atoms with van der Waals surface area (Å²) in [4.78, 5) is 6.63. The number of aromatic nitrogens is 1. The molecule has 21 heavy (non-hydrogen) atoms. The summed E-state index contributed by atoms with van der Waals surface area (Å²) in [5.74, 6) is 0.854. The summed E-state index contributed by atoms with van der Waals surface area (Å²) in [6, 6.07) is 4.14. The maximum absolute atomic E-state index is 6.08. The van der Waals surface area contributed by atoms with Crippen LogP contribution in [-0.2, 0) is 16.0 Å². The van der Waals surface area contributed by atoms with Gasteiger partial charge in [0.25, 0.3) is 0 Å². The van der Waals surface area contributed by atoms with E-state index in [0.717, 1.165) is 51.6 Å². The Morgan fingerprint density at radius 2 is 2.24 bits per heavy atom. The lowest BCUT2D eigenvalue weighted by atomic mass is 9.84. The average molecular weight is 288 g/mol. The Balaban J connectivity index is 1.26. The lowest BCUT2D eigenvalue weighted by Gasteiger charge is -2.53. The van der Waals surface area contributed by atoms with E-state index in [1.54, 1.807) is 0 Å². The molecule has 0 aromatic carbocycles. The molecular weight excluding hydrogens is 264 g/mol. The number of rotatable bonds is 5. The zero-order chi connectivity index (χ0) is 14.1. The van der Waals surface area contributed by atoms with Crippen molar-refractivity contribution < 1.29 is 9.47 Å². The van der Waals surface area contributed by atoms with Crippen molar-refractivity contribution in [2.75, 3.05) is 26.3 Å². The molecule has 114 valence electrons. The van der Waals surface area contributed by atoms with Crippen molar-refractivity contribution in [2.24, 2.45) is 5.92 Å². The Hall–Kier alpha value is -0.970. The molecule has 2 aliphatic heterocycles. The molecule has 0 amide bonds. The highest BCUT2D eigenvalue weighted by Crippen LogP contribution is 2.37. The fraction of sp³-hybridized carbons (Fsp3) is 0.706. The molecule has 0 N–H and O–H groups in total. The van der Waals surface area contributed by atoms with Gasteiger partial charge in [-0.2, -0.15) is 0 Å². The van der Waals surface area contributed by atoms with Crippen LogP contribution in [0.4, 0.5) is 0 Å². The molecule has 1 spiro atoms. The van der Waals surface area contributed by atoms with Gasteiger partial charge in [-0.25, -0.2) is 0 Å². The van der Waals surface area contributed by atoms with Crippen LogP contribution < -0.4 is 0 Å². The lowest BCUT2D eigenvalue weighted by molar-refractivity contribution is -0.199. The van der Waals surface area contributed by atoms with Gasteiger partial charge < -0.3 is 9.47 Å². The molecule has 4 rings (SSSR count). The minimum atomic E-state index is 0.0642. The number of hydrogen-bond donors (Lipinski definition) is 0. The molecule has 2 saturated heterocycles. The Morgan fingerprint density at radius 3 is 3.00 bits per heavy atom. The molecule has 1 atom stereocenters. The monoisotopic (exact) mass is 288 g/mol. The van der Waals surface area contributed by atoms with Gasteiger partial charge in [0.05, 0.1) is 11.7 Å². The van der Waals surface area contributed by atoms with Crippen LogP contribution in [0.3, 0.4) is 0 Å². The maximum atomic E-state index is 6.08. The zero-order valence-electron chi connectivity index (χ0n) is 12.5. The SMILES string of the molecule is c1cncc(CN2CC3(CC(OCC4CC4)CCO3)C2)c1. The smallest absolute Gasteiger partial charge is 0.0959 e. The third-order valence-electron chi connectivity index (χ3n) is 4.86. The number of hydrogen-bond acceptors (Lipinski definition) is 4. The first-order valence-corrected chi connectivity index (χ1v) is 8.18. The highest BCUT2D eigenvalue weighted by atomic mass is 16.5. The van der Waals surface area contributed by atoms with E-state index >= 15 is 0 Å². The third-order valence-corrected chi connectivity index (χ3v) is 4.86. The van der Waals surface area contributed by atoms with Crippen molar-refractivity contribution in [3.8, 4) is 0 Å². The lowest BCUT2D eigenvalue weighted by Crippen LogP contribution is -2.65. The van der Waals surface area contributed by atoms with Crippen LogP contribution in [0.2, 0.25) is 0 Å². The predicted molar refractivity (Wildman–Crippen MR) is 79.9 cm³/mol. The van der Waals surface area contributed by atoms with Gasteiger partial charge in [0, 0.05) is 51.7 Å². The normalized spacial score (nSPS) is 28.5. The Bertz CT molecular complexity index is 469. The van der Waals surface area contributed by atoms with Crippen LogP contribution in [0.25, 0.3) is 0 Å². The molecule has 3 heterocycles. The summed E-state index contributed by atoms with van der Waals surface area (Å²) < 4.78 is 12.2. The Kier molecular flexibility index (Phi) is 3.69. The van der Waals surface area contributed by atoms with Crippen molar-refractivity contribution in [3.63, 3.8) is 0 Å². The maximum Gasteiger partial charge on any atom is 0.0959 e. The van der Waals surface area contributed by atoms with E-state index in [0.29, 0.717) is 6.10 Å². The molecule has 1 saturated carbocycles. The highest BCUT2D eigenvalue weighted by molar-refractivity contribution is 5.11. The van der Waals surface area contributed by atoms with Crippen LogP contribution in [0.15, 0.2) is 24.5 Å². The number of ether oxygens (including phenoxy) is 2. The van der Waals surface area contributed by atoms with Gasteiger partial charge in [0.15, 0.2) is 0 Å². The van der Waals surface area contributed by atoms with Crippen molar-refractivity contribution >= 4 is 0 Å². The second-order valence-electron chi connectivity index (χ2n) is 6.93. The van der Waals surface area contributed by atoms with Gasteiger partial charge in [-0.15, -0.1) is 0 Å². The molecule has 3 fully saturated rings. The van der Waals surface area contributed by atoms with E-state index in [9.17, 15) is 0 Å². The average Bonchev–Trinajstić information content (AvgIpc) is 3.29. The summed E-state index contributed by atoms with van der Waals surface area (Å²) in [6.07, 6.45) is 9.07. The summed E-state index contributed by atoms with van der Waals surface area (Å²) in [7, 11) is 0. The fourth-order valence-corrected chi connectivity index (χ4v) is 3.53. The number of nitrogens with zero attached hydrogens (tertiary/aromatic N) is 2. The van der Waals surface area contributed by atoms with E-state index in [2.05, 4.69) is 16.0 Å². The van der Waals surface area contributed by atoms with Gasteiger partial charge in [-0.3, -0.25) is 9.88 Å². The second kappa shape index (κ2) is 5.67. The van der Waals surface area contributed by atoms with Crippen molar-refractivity contribution in [1.29, 1.82) is 0 Å². The summed E-state index contributed by atoms with van der Waals surface area (Å²) in [5, 5.41) is 0. The molecule has 0 bridgehead atoms. The van der Waals surface area contributed by atoms with Crippen molar-refractivity contribution in [3.05, 3.63) is 30.1 Å². The minimum Gasteiger partial charge on any atom is -0.378 e. The van der Waals surface area contributed by atoms with Crippen molar-refractivity contribution in [1.82, 2.24) is 9.88 Å². The van der Waals surface area contributed by atoms with Gasteiger partial charge in [-0.05, 0) is 36.8 Å². The van der Waals surface area contributed by atoms with Gasteiger partial charge in [0.2, 0.25) is 0 Å². The molecule has 0 radical (unpaired) electrons. The van der Waals surface area contributed by atoms with Gasteiger partial charge in [0.1, 0.15) is 0 Å². The Labute approximate surface area is 126 Å². The van der Waals surface area contributed by atoms with Crippen LogP contribution in [0, 0.1) is 5.92 Å². The van der Waals surface area contributed by atoms with E-state index in [1.807, 2.05) is 18.5 Å². The number of pyridine rings is 1. The molecule has 1 aromatic rings. The summed E-state index contributed by atoms with van der Waals surface area (Å²) in [5.41, 5.74) is 1.35. The van der Waals surface area contributed by atoms with Crippen LogP contribution in [0.5, 0.6) is 0 Å². The topological polar surface area (TPSA) is 34.6 Å². The van der Waals surface area contributed by atoms with E-state index < -0.39 is 0 Å². The minimum absolute atomic E-state index is 0.0642. The molecule has 3 aliphatic rings. The quantitative estimate of drug-likeness (QED) is 0.832. The van der Waals surface area contributed by atoms with E-state index in [4.69, 9.17) is 9.47 Å². The van der Waals surface area contributed by atoms with Crippen LogP contribution in [0.1, 0.15) is 31.2 Å². The molecular formula is C17H24N2O2. The van der Waals surface area contributed by atoms with Crippen LogP contribution >= 0.6 is 0 Å². The van der Waals surface area contributed by atoms with Gasteiger partial charge >= 0.3 is 0 Å². The first-order chi connectivity index (χ1) is 10.3. The standard InChI is InChI=1S/C17H24N2O2/c1-2-15(9-18-6-1)10-19-12-17(13-19)8-16(5-7-21-17)20-11-14-3-4-14/h1-2,6,9,14,16H,3-5,7-8,10-13H2. The Morgan fingerprint density at radius 1 is 1.33 bits per heavy atom.